The molecule has 5 rings (SSSR count). The largest absolute Gasteiger partial charge is 0.494 e. The Hall–Kier alpha value is -4.04. The highest BCUT2D eigenvalue weighted by atomic mass is 32.2. The van der Waals surface area contributed by atoms with Crippen LogP contribution in [0.2, 0.25) is 0 Å². The summed E-state index contributed by atoms with van der Waals surface area (Å²) in [6.45, 7) is -2.38. The Bertz CT molecular complexity index is 1580. The van der Waals surface area contributed by atoms with Crippen molar-refractivity contribution in [2.75, 3.05) is 31.0 Å². The van der Waals surface area contributed by atoms with Crippen LogP contribution in [0.4, 0.5) is 17.2 Å². The van der Waals surface area contributed by atoms with Crippen molar-refractivity contribution in [2.45, 2.75) is 25.9 Å². The maximum atomic E-state index is 12.7. The molecule has 2 aromatic heterocycles. The number of carbonyl (C=O) groups is 2. The number of methoxy groups -OCH3 is 1. The molecule has 0 saturated heterocycles. The number of carbonyl (C=O) groups excluding carboxylic acids is 2. The smallest absolute Gasteiger partial charge is 0.273 e. The zero-order chi connectivity index (χ0) is 28.8. The Morgan fingerprint density at radius 1 is 1.27 bits per heavy atom. The molecule has 0 radical (unpaired) electrons. The number of hydrogen-bond acceptors (Lipinski definition) is 10. The third kappa shape index (κ3) is 4.97. The number of aromatic nitrogens is 3. The average molecular weight is 530 g/mol. The van der Waals surface area contributed by atoms with E-state index in [1.54, 1.807) is 18.2 Å². The molecule has 0 unspecified atom stereocenters. The molecule has 194 valence electrons. The van der Waals surface area contributed by atoms with Crippen LogP contribution < -0.4 is 20.7 Å². The van der Waals surface area contributed by atoms with Crippen LogP contribution in [0, 0.1) is 10.7 Å². The van der Waals surface area contributed by atoms with Gasteiger partial charge in [0.25, 0.3) is 5.91 Å². The number of nitrogens with zero attached hydrogens (tertiary/aromatic N) is 4. The lowest BCUT2D eigenvalue weighted by Crippen LogP contribution is -2.23. The van der Waals surface area contributed by atoms with Gasteiger partial charge in [-0.2, -0.15) is 0 Å². The first kappa shape index (κ1) is 21.1. The molecule has 1 aliphatic heterocycles. The van der Waals surface area contributed by atoms with Gasteiger partial charge in [0.1, 0.15) is 15.7 Å². The Labute approximate surface area is 217 Å². The van der Waals surface area contributed by atoms with E-state index in [0.29, 0.717) is 28.5 Å². The maximum Gasteiger partial charge on any atom is 0.273 e. The molecular weight excluding hydrogens is 500 g/mol. The Morgan fingerprint density at radius 2 is 2.08 bits per heavy atom. The molecule has 37 heavy (non-hydrogen) atoms. The molecule has 4 N–H and O–H groups in total. The molecule has 3 aromatic rings. The van der Waals surface area contributed by atoms with Gasteiger partial charge in [0.05, 0.1) is 42.8 Å². The maximum absolute atomic E-state index is 12.7. The van der Waals surface area contributed by atoms with Crippen LogP contribution in [-0.2, 0) is 27.8 Å². The van der Waals surface area contributed by atoms with E-state index in [1.165, 1.54) is 23.7 Å². The van der Waals surface area contributed by atoms with Gasteiger partial charge >= 0.3 is 0 Å². The van der Waals surface area contributed by atoms with Crippen LogP contribution in [0.3, 0.4) is 0 Å². The molecule has 13 nitrogen and oxygen atoms in total. The number of amides is 2. The normalized spacial score (nSPS) is 18.1. The zero-order valence-corrected chi connectivity index (χ0v) is 20.8. The number of ether oxygens (including phenoxy) is 1. The lowest BCUT2D eigenvalue weighted by Gasteiger charge is -2.16. The lowest BCUT2D eigenvalue weighted by molar-refractivity contribution is -0.117. The highest BCUT2D eigenvalue weighted by Gasteiger charge is 2.31. The highest BCUT2D eigenvalue weighted by molar-refractivity contribution is 7.89. The molecular formula is C23H26N8O5S. The summed E-state index contributed by atoms with van der Waals surface area (Å²) in [7, 11) is -1.48. The van der Waals surface area contributed by atoms with Gasteiger partial charge in [0.15, 0.2) is 17.3 Å². The minimum Gasteiger partial charge on any atom is -0.494 e. The van der Waals surface area contributed by atoms with Crippen molar-refractivity contribution in [2.24, 2.45) is 5.92 Å². The Balaban J connectivity index is 1.48. The van der Waals surface area contributed by atoms with Gasteiger partial charge in [0.2, 0.25) is 11.8 Å². The molecule has 1 fully saturated rings. The summed E-state index contributed by atoms with van der Waals surface area (Å²) in [5.41, 5.74) is 1.14. The van der Waals surface area contributed by atoms with Crippen molar-refractivity contribution < 1.29 is 27.1 Å². The van der Waals surface area contributed by atoms with Crippen molar-refractivity contribution in [3.05, 3.63) is 41.4 Å². The number of benzene rings is 1. The molecule has 2 aliphatic rings. The van der Waals surface area contributed by atoms with Gasteiger partial charge in [-0.15, -0.1) is 10.2 Å². The third-order valence-corrected chi connectivity index (χ3v) is 7.20. The quantitative estimate of drug-likeness (QED) is 0.341. The van der Waals surface area contributed by atoms with Gasteiger partial charge < -0.3 is 25.1 Å². The predicted octanol–water partition coefficient (Wildman–Crippen LogP) is 2.50. The molecule has 0 spiro atoms. The van der Waals surface area contributed by atoms with E-state index >= 15 is 0 Å². The summed E-state index contributed by atoms with van der Waals surface area (Å²) in [4.78, 5) is 29.5. The molecule has 1 atom stereocenters. The summed E-state index contributed by atoms with van der Waals surface area (Å²) >= 11 is 0. The first-order chi connectivity index (χ1) is 18.8. The highest BCUT2D eigenvalue weighted by Crippen LogP contribution is 2.40. The fourth-order valence-corrected chi connectivity index (χ4v) is 4.62. The molecule has 14 heteroatoms. The SMILES string of the molecule is [2H]C([2H])([2H])NC(=O)c1nnc(NC(=O)C2CC2)cc1Nc1cccc(-c2nc3c(o2)CN([S@](C)(=N)=O)C3)c1OC. The Kier molecular flexibility index (Phi) is 5.38. The second kappa shape index (κ2) is 9.44. The van der Waals surface area contributed by atoms with Crippen LogP contribution in [0.5, 0.6) is 5.75 Å². The van der Waals surface area contributed by atoms with E-state index in [4.69, 9.17) is 18.0 Å². The summed E-state index contributed by atoms with van der Waals surface area (Å²) in [5, 5.41) is 15.4. The number of nitrogens with one attached hydrogen (secondary N) is 4. The zero-order valence-electron chi connectivity index (χ0n) is 23.0. The van der Waals surface area contributed by atoms with Crippen LogP contribution in [0.25, 0.3) is 11.5 Å². The second-order valence-corrected chi connectivity index (χ2v) is 10.8. The van der Waals surface area contributed by atoms with Crippen LogP contribution >= 0.6 is 0 Å². The van der Waals surface area contributed by atoms with E-state index in [9.17, 15) is 13.8 Å². The minimum absolute atomic E-state index is 0.0667. The monoisotopic (exact) mass is 529 g/mol. The fourth-order valence-electron chi connectivity index (χ4n) is 3.89. The summed E-state index contributed by atoms with van der Waals surface area (Å²) in [6, 6.07) is 6.44. The van der Waals surface area contributed by atoms with Gasteiger partial charge in [-0.25, -0.2) is 18.3 Å². The van der Waals surface area contributed by atoms with Crippen molar-refractivity contribution in [3.63, 3.8) is 0 Å². The van der Waals surface area contributed by atoms with Gasteiger partial charge in [-0.1, -0.05) is 6.07 Å². The number of anilines is 3. The Morgan fingerprint density at radius 3 is 2.76 bits per heavy atom. The topological polar surface area (TPSA) is 175 Å². The van der Waals surface area contributed by atoms with Gasteiger partial charge in [-0.3, -0.25) is 9.59 Å². The molecule has 2 amide bonds. The van der Waals surface area contributed by atoms with Gasteiger partial charge in [-0.05, 0) is 25.0 Å². The van der Waals surface area contributed by atoms with Crippen molar-refractivity contribution >= 4 is 38.9 Å². The molecule has 0 bridgehead atoms. The van der Waals surface area contributed by atoms with Gasteiger partial charge in [0, 0.05) is 29.3 Å². The second-order valence-electron chi connectivity index (χ2n) is 8.71. The van der Waals surface area contributed by atoms with E-state index < -0.39 is 22.8 Å². The predicted molar refractivity (Wildman–Crippen MR) is 135 cm³/mol. The number of hydrogen-bond donors (Lipinski definition) is 4. The standard InChI is InChI=1S/C23H26N8O5S/c1-25-22(33)19-15(9-18(29-30-19)28-21(32)12-7-8-12)26-14-6-4-5-13(20(14)35-2)23-27-16-10-31(37(3,24)34)11-17(16)36-23/h4-6,9,12,24H,7-8,10-11H2,1-3H3,(H,25,33)(H2,26,28,29,32)/t37-/m0/s1/i1D3. The van der Waals surface area contributed by atoms with E-state index in [1.807, 2.05) is 5.32 Å². The summed E-state index contributed by atoms with van der Waals surface area (Å²) in [6.07, 6.45) is 2.88. The van der Waals surface area contributed by atoms with E-state index in [2.05, 4.69) is 25.8 Å². The number of fused-ring (bicyclic) bond motifs is 1. The number of para-hydroxylation sites is 1. The number of rotatable bonds is 8. The lowest BCUT2D eigenvalue weighted by atomic mass is 10.1. The molecule has 1 aliphatic carbocycles. The van der Waals surface area contributed by atoms with Crippen LogP contribution in [0.15, 0.2) is 28.7 Å². The van der Waals surface area contributed by atoms with Crippen molar-refractivity contribution in [1.82, 2.24) is 24.8 Å². The van der Waals surface area contributed by atoms with E-state index in [-0.39, 0.29) is 48.0 Å². The summed E-state index contributed by atoms with van der Waals surface area (Å²) < 4.78 is 55.1. The average Bonchev–Trinajstić information content (AvgIpc) is 3.51. The molecule has 1 saturated carbocycles. The van der Waals surface area contributed by atoms with Crippen LogP contribution in [0.1, 0.15) is 38.9 Å². The molecule has 1 aromatic carbocycles. The first-order valence-corrected chi connectivity index (χ1v) is 13.2. The van der Waals surface area contributed by atoms with E-state index in [0.717, 1.165) is 12.8 Å². The third-order valence-electron chi connectivity index (χ3n) is 5.96. The number of oxazole rings is 1. The fraction of sp³-hybridized carbons (Fsp3) is 0.348. The van der Waals surface area contributed by atoms with Crippen molar-refractivity contribution in [3.8, 4) is 17.2 Å². The summed E-state index contributed by atoms with van der Waals surface area (Å²) in [5.74, 6) is -0.219. The minimum atomic E-state index is -2.91. The molecule has 3 heterocycles. The first-order valence-electron chi connectivity index (χ1n) is 12.8. The van der Waals surface area contributed by atoms with Crippen molar-refractivity contribution in [1.29, 1.82) is 4.78 Å². The van der Waals surface area contributed by atoms with Crippen LogP contribution in [-0.4, -0.2) is 55.9 Å².